The van der Waals surface area contributed by atoms with Gasteiger partial charge in [0.05, 0.1) is 12.0 Å². The number of ketones is 1. The van der Waals surface area contributed by atoms with Crippen LogP contribution in [0.25, 0.3) is 0 Å². The number of aliphatic hydroxyl groups is 1. The van der Waals surface area contributed by atoms with Crippen molar-refractivity contribution in [2.45, 2.75) is 26.4 Å². The fourth-order valence-electron chi connectivity index (χ4n) is 2.94. The third-order valence-corrected chi connectivity index (χ3v) is 4.61. The van der Waals surface area contributed by atoms with Crippen LogP contribution in [0.3, 0.4) is 0 Å². The van der Waals surface area contributed by atoms with Gasteiger partial charge in [0.2, 0.25) is 0 Å². The Hall–Kier alpha value is -1.68. The van der Waals surface area contributed by atoms with Gasteiger partial charge in [-0.2, -0.15) is 0 Å². The molecule has 4 nitrogen and oxygen atoms in total. The Labute approximate surface area is 112 Å². The van der Waals surface area contributed by atoms with E-state index in [1.54, 1.807) is 12.2 Å². The Morgan fingerprint density at radius 2 is 2.16 bits per heavy atom. The molecule has 4 heteroatoms. The molecule has 0 amide bonds. The number of hydrogen-bond acceptors (Lipinski definition) is 3. The van der Waals surface area contributed by atoms with Crippen LogP contribution in [-0.2, 0) is 9.59 Å². The quantitative estimate of drug-likeness (QED) is 0.743. The minimum absolute atomic E-state index is 0.0686. The summed E-state index contributed by atoms with van der Waals surface area (Å²) in [4.78, 5) is 23.0. The van der Waals surface area contributed by atoms with Crippen molar-refractivity contribution in [1.29, 1.82) is 0 Å². The molecule has 0 radical (unpaired) electrons. The van der Waals surface area contributed by atoms with Gasteiger partial charge in [-0.3, -0.25) is 4.79 Å². The van der Waals surface area contributed by atoms with Crippen LogP contribution in [0.2, 0.25) is 0 Å². The minimum atomic E-state index is -1.14. The maximum absolute atomic E-state index is 12.0. The number of allylic oxidation sites excluding steroid dienone is 3. The SMILES string of the molecule is C=C(C(=O)O)[C@@H]1C[C@@]2(C)C(=CC1=O)C=C[C@H](O)[C@@H]2C. The lowest BCUT2D eigenvalue weighted by Gasteiger charge is -2.45. The van der Waals surface area contributed by atoms with E-state index in [1.165, 1.54) is 6.08 Å². The number of rotatable bonds is 2. The predicted octanol–water partition coefficient (Wildman–Crippen LogP) is 1.72. The molecule has 0 saturated carbocycles. The molecule has 0 bridgehead atoms. The third kappa shape index (κ3) is 2.06. The minimum Gasteiger partial charge on any atom is -0.478 e. The fraction of sp³-hybridized carbons (Fsp3) is 0.467. The fourth-order valence-corrected chi connectivity index (χ4v) is 2.94. The summed E-state index contributed by atoms with van der Waals surface area (Å²) in [7, 11) is 0. The van der Waals surface area contributed by atoms with E-state index in [4.69, 9.17) is 5.11 Å². The highest BCUT2D eigenvalue weighted by molar-refractivity contribution is 6.02. The van der Waals surface area contributed by atoms with Crippen LogP contribution in [0, 0.1) is 17.3 Å². The molecule has 4 atom stereocenters. The van der Waals surface area contributed by atoms with E-state index < -0.39 is 23.4 Å². The van der Waals surface area contributed by atoms with Gasteiger partial charge in [-0.1, -0.05) is 32.6 Å². The molecule has 2 aliphatic carbocycles. The number of carboxylic acid groups (broad SMARTS) is 1. The molecule has 0 spiro atoms. The Balaban J connectivity index is 2.43. The van der Waals surface area contributed by atoms with Crippen molar-refractivity contribution >= 4 is 11.8 Å². The van der Waals surface area contributed by atoms with Gasteiger partial charge in [0, 0.05) is 5.57 Å². The van der Waals surface area contributed by atoms with Gasteiger partial charge in [0.15, 0.2) is 5.78 Å². The monoisotopic (exact) mass is 262 g/mol. The van der Waals surface area contributed by atoms with Crippen LogP contribution in [-0.4, -0.2) is 28.1 Å². The van der Waals surface area contributed by atoms with Gasteiger partial charge < -0.3 is 10.2 Å². The van der Waals surface area contributed by atoms with Crippen LogP contribution in [0.4, 0.5) is 0 Å². The molecule has 0 heterocycles. The number of fused-ring (bicyclic) bond motifs is 1. The zero-order valence-corrected chi connectivity index (χ0v) is 11.1. The van der Waals surface area contributed by atoms with Gasteiger partial charge in [0.1, 0.15) is 0 Å². The number of carbonyl (C=O) groups excluding carboxylic acids is 1. The maximum atomic E-state index is 12.0. The van der Waals surface area contributed by atoms with Crippen molar-refractivity contribution in [2.75, 3.05) is 0 Å². The highest BCUT2D eigenvalue weighted by atomic mass is 16.4. The molecule has 0 unspecified atom stereocenters. The van der Waals surface area contributed by atoms with Crippen LogP contribution >= 0.6 is 0 Å². The molecule has 0 aromatic heterocycles. The van der Waals surface area contributed by atoms with Crippen LogP contribution in [0.15, 0.2) is 36.0 Å². The van der Waals surface area contributed by atoms with E-state index in [2.05, 4.69) is 6.58 Å². The van der Waals surface area contributed by atoms with Crippen molar-refractivity contribution < 1.29 is 19.8 Å². The zero-order chi connectivity index (χ0) is 14.4. The summed E-state index contributed by atoms with van der Waals surface area (Å²) in [5.74, 6) is -2.13. The predicted molar refractivity (Wildman–Crippen MR) is 70.4 cm³/mol. The maximum Gasteiger partial charge on any atom is 0.331 e. The summed E-state index contributed by atoms with van der Waals surface area (Å²) in [6.45, 7) is 7.39. The third-order valence-electron chi connectivity index (χ3n) is 4.61. The molecular formula is C15H18O4. The first kappa shape index (κ1) is 13.7. The first-order valence-corrected chi connectivity index (χ1v) is 6.31. The first-order valence-electron chi connectivity index (χ1n) is 6.31. The van der Waals surface area contributed by atoms with Crippen LogP contribution in [0.1, 0.15) is 20.3 Å². The summed E-state index contributed by atoms with van der Waals surface area (Å²) < 4.78 is 0. The molecule has 0 aromatic rings. The van der Waals surface area contributed by atoms with E-state index >= 15 is 0 Å². The van der Waals surface area contributed by atoms with Crippen molar-refractivity contribution in [2.24, 2.45) is 17.3 Å². The van der Waals surface area contributed by atoms with Crippen LogP contribution < -0.4 is 0 Å². The number of aliphatic hydroxyl groups excluding tert-OH is 1. The average molecular weight is 262 g/mol. The van der Waals surface area contributed by atoms with E-state index in [9.17, 15) is 14.7 Å². The van der Waals surface area contributed by atoms with Crippen LogP contribution in [0.5, 0.6) is 0 Å². The second-order valence-corrected chi connectivity index (χ2v) is 5.65. The Bertz CT molecular complexity index is 514. The van der Waals surface area contributed by atoms with E-state index in [1.807, 2.05) is 13.8 Å². The summed E-state index contributed by atoms with van der Waals surface area (Å²) in [6.07, 6.45) is 4.75. The van der Waals surface area contributed by atoms with E-state index in [-0.39, 0.29) is 17.3 Å². The summed E-state index contributed by atoms with van der Waals surface area (Å²) in [5, 5.41) is 19.0. The summed E-state index contributed by atoms with van der Waals surface area (Å²) >= 11 is 0. The molecule has 0 fully saturated rings. The van der Waals surface area contributed by atoms with E-state index in [0.717, 1.165) is 5.57 Å². The van der Waals surface area contributed by atoms with Crippen molar-refractivity contribution in [3.05, 3.63) is 36.0 Å². The molecular weight excluding hydrogens is 244 g/mol. The zero-order valence-electron chi connectivity index (χ0n) is 11.1. The molecule has 0 aromatic carbocycles. The Kier molecular flexibility index (Phi) is 3.22. The van der Waals surface area contributed by atoms with Gasteiger partial charge in [-0.05, 0) is 29.4 Å². The lowest BCUT2D eigenvalue weighted by atomic mass is 9.59. The lowest BCUT2D eigenvalue weighted by molar-refractivity contribution is -0.135. The van der Waals surface area contributed by atoms with Gasteiger partial charge in [0.25, 0.3) is 0 Å². The molecule has 2 rings (SSSR count). The molecule has 0 aliphatic heterocycles. The molecule has 102 valence electrons. The second kappa shape index (κ2) is 4.46. The molecule has 0 saturated heterocycles. The number of hydrogen-bond donors (Lipinski definition) is 2. The molecule has 2 N–H and O–H groups in total. The molecule has 2 aliphatic rings. The van der Waals surface area contributed by atoms with E-state index in [0.29, 0.717) is 6.42 Å². The van der Waals surface area contributed by atoms with Gasteiger partial charge in [-0.25, -0.2) is 4.79 Å². The standard InChI is InChI=1S/C15H18O4/c1-8(14(18)19)11-7-15(3)9(2)12(16)5-4-10(15)6-13(11)17/h4-6,9,11-12,16H,1,7H2,2-3H3,(H,18,19)/t9-,11-,12-,15+/m0/s1. The highest BCUT2D eigenvalue weighted by Gasteiger charge is 2.46. The number of carboxylic acids is 1. The number of aliphatic carboxylic acids is 1. The number of carbonyl (C=O) groups is 2. The lowest BCUT2D eigenvalue weighted by Crippen LogP contribution is -2.43. The summed E-state index contributed by atoms with van der Waals surface area (Å²) in [5.41, 5.74) is 0.396. The van der Waals surface area contributed by atoms with Crippen molar-refractivity contribution in [1.82, 2.24) is 0 Å². The largest absolute Gasteiger partial charge is 0.478 e. The first-order chi connectivity index (χ1) is 8.77. The smallest absolute Gasteiger partial charge is 0.331 e. The normalized spacial score (nSPS) is 37.5. The van der Waals surface area contributed by atoms with Gasteiger partial charge >= 0.3 is 5.97 Å². The second-order valence-electron chi connectivity index (χ2n) is 5.65. The van der Waals surface area contributed by atoms with Crippen molar-refractivity contribution in [3.8, 4) is 0 Å². The summed E-state index contributed by atoms with van der Waals surface area (Å²) in [6, 6.07) is 0. The highest BCUT2D eigenvalue weighted by Crippen LogP contribution is 2.50. The van der Waals surface area contributed by atoms with Crippen molar-refractivity contribution in [3.63, 3.8) is 0 Å². The topological polar surface area (TPSA) is 74.6 Å². The average Bonchev–Trinajstić information content (AvgIpc) is 2.35. The Morgan fingerprint density at radius 1 is 1.53 bits per heavy atom. The Morgan fingerprint density at radius 3 is 2.74 bits per heavy atom. The van der Waals surface area contributed by atoms with Gasteiger partial charge in [-0.15, -0.1) is 0 Å². The molecule has 19 heavy (non-hydrogen) atoms.